The van der Waals surface area contributed by atoms with Crippen LogP contribution < -0.4 is 14.8 Å². The number of phenolic OH excluding ortho intramolecular Hbond substituents is 1. The van der Waals surface area contributed by atoms with E-state index in [2.05, 4.69) is 52.2 Å². The number of nitrogens with one attached hydrogen (secondary N) is 1. The first-order valence-electron chi connectivity index (χ1n) is 11.9. The number of aromatic hydroxyl groups is 1. The van der Waals surface area contributed by atoms with Crippen LogP contribution in [0.15, 0.2) is 59.1 Å². The van der Waals surface area contributed by atoms with Crippen LogP contribution in [0.2, 0.25) is 0 Å². The van der Waals surface area contributed by atoms with Crippen LogP contribution in [-0.2, 0) is 17.9 Å². The summed E-state index contributed by atoms with van der Waals surface area (Å²) in [6.45, 7) is 5.00. The number of methoxy groups -OCH3 is 1. The van der Waals surface area contributed by atoms with Gasteiger partial charge in [-0.05, 0) is 77.0 Å². The van der Waals surface area contributed by atoms with E-state index in [9.17, 15) is 9.90 Å². The zero-order valence-corrected chi connectivity index (χ0v) is 22.1. The Morgan fingerprint density at radius 3 is 2.71 bits per heavy atom. The number of benzene rings is 2. The molecule has 1 amide bonds. The quantitative estimate of drug-likeness (QED) is 0.198. The van der Waals surface area contributed by atoms with Crippen LogP contribution in [0.3, 0.4) is 0 Å². The Balaban J connectivity index is 1.51. The summed E-state index contributed by atoms with van der Waals surface area (Å²) in [5.41, 5.74) is 2.34. The highest BCUT2D eigenvalue weighted by atomic mass is 79.9. The van der Waals surface area contributed by atoms with Gasteiger partial charge in [-0.15, -0.1) is 0 Å². The van der Waals surface area contributed by atoms with Crippen LogP contribution in [0.4, 0.5) is 0 Å². The lowest BCUT2D eigenvalue weighted by Crippen LogP contribution is -2.22. The maximum absolute atomic E-state index is 12.2. The molecule has 1 heterocycles. The van der Waals surface area contributed by atoms with Crippen molar-refractivity contribution < 1.29 is 19.4 Å². The number of nitrogens with zero attached hydrogens (tertiary/aromatic N) is 1. The third kappa shape index (κ3) is 7.99. The first-order chi connectivity index (χ1) is 16.9. The predicted molar refractivity (Wildman–Crippen MR) is 143 cm³/mol. The number of amides is 1. The maximum Gasteiger partial charge on any atom is 0.220 e. The van der Waals surface area contributed by atoms with Gasteiger partial charge >= 0.3 is 0 Å². The number of allylic oxidation sites excluding steroid dienone is 2. The molecule has 0 atom stereocenters. The lowest BCUT2D eigenvalue weighted by molar-refractivity contribution is -0.121. The van der Waals surface area contributed by atoms with Gasteiger partial charge in [-0.25, -0.2) is 4.98 Å². The Hall–Kier alpha value is -3.06. The molecule has 0 radical (unpaired) electrons. The second-order valence-corrected chi connectivity index (χ2v) is 9.53. The minimum absolute atomic E-state index is 0.0525. The van der Waals surface area contributed by atoms with Crippen molar-refractivity contribution in [3.63, 3.8) is 0 Å². The van der Waals surface area contributed by atoms with Gasteiger partial charge in [0, 0.05) is 18.4 Å². The first-order valence-corrected chi connectivity index (χ1v) is 12.7. The smallest absolute Gasteiger partial charge is 0.220 e. The van der Waals surface area contributed by atoms with Crippen LogP contribution in [0.25, 0.3) is 10.9 Å². The molecule has 7 heteroatoms. The van der Waals surface area contributed by atoms with Crippen molar-refractivity contribution in [1.82, 2.24) is 10.3 Å². The third-order valence-electron chi connectivity index (χ3n) is 5.48. The van der Waals surface area contributed by atoms with Gasteiger partial charge in [0.05, 0.1) is 22.8 Å². The van der Waals surface area contributed by atoms with E-state index in [1.807, 2.05) is 36.4 Å². The molecule has 0 bridgehead atoms. The molecular formula is C28H33BrN2O4. The molecule has 6 nitrogen and oxygen atoms in total. The van der Waals surface area contributed by atoms with Gasteiger partial charge in [0.15, 0.2) is 11.5 Å². The van der Waals surface area contributed by atoms with E-state index >= 15 is 0 Å². The summed E-state index contributed by atoms with van der Waals surface area (Å²) in [4.78, 5) is 16.8. The summed E-state index contributed by atoms with van der Waals surface area (Å²) in [6.07, 6.45) is 7.82. The first kappa shape index (κ1) is 26.5. The number of pyridine rings is 1. The van der Waals surface area contributed by atoms with Crippen molar-refractivity contribution >= 4 is 32.7 Å². The van der Waals surface area contributed by atoms with E-state index in [0.29, 0.717) is 40.4 Å². The molecule has 0 saturated carbocycles. The highest BCUT2D eigenvalue weighted by molar-refractivity contribution is 9.10. The van der Waals surface area contributed by atoms with Gasteiger partial charge in [0.25, 0.3) is 0 Å². The fourth-order valence-corrected chi connectivity index (χ4v) is 4.01. The zero-order valence-electron chi connectivity index (χ0n) is 20.5. The van der Waals surface area contributed by atoms with Crippen molar-refractivity contribution in [2.45, 2.75) is 52.7 Å². The summed E-state index contributed by atoms with van der Waals surface area (Å²) >= 11 is 3.39. The largest absolute Gasteiger partial charge is 0.507 e. The fourth-order valence-electron chi connectivity index (χ4n) is 3.56. The number of carbonyl (C=O) groups excluding carboxylic acids is 1. The highest BCUT2D eigenvalue weighted by Crippen LogP contribution is 2.32. The Kier molecular flexibility index (Phi) is 9.97. The number of fused-ring (bicyclic) bond motifs is 1. The van der Waals surface area contributed by atoms with Gasteiger partial charge in [0.2, 0.25) is 5.91 Å². The van der Waals surface area contributed by atoms with E-state index < -0.39 is 0 Å². The van der Waals surface area contributed by atoms with Crippen LogP contribution in [0.1, 0.15) is 50.8 Å². The summed E-state index contributed by atoms with van der Waals surface area (Å²) < 4.78 is 12.0. The number of phenols is 1. The fraction of sp³-hybridized carbons (Fsp3) is 0.357. The minimum atomic E-state index is 0.0525. The number of unbranched alkanes of at least 4 members (excludes halogenated alkanes) is 2. The molecule has 35 heavy (non-hydrogen) atoms. The second-order valence-electron chi connectivity index (χ2n) is 8.74. The molecule has 2 N–H and O–H groups in total. The number of ether oxygens (including phenoxy) is 2. The Labute approximate surface area is 215 Å². The molecule has 0 aliphatic carbocycles. The number of hydrogen-bond acceptors (Lipinski definition) is 5. The number of halogens is 1. The molecular weight excluding hydrogens is 508 g/mol. The Morgan fingerprint density at radius 1 is 1.14 bits per heavy atom. The predicted octanol–water partition coefficient (Wildman–Crippen LogP) is 6.68. The average Bonchev–Trinajstić information content (AvgIpc) is 2.86. The number of carbonyl (C=O) groups is 1. The molecule has 0 fully saturated rings. The third-order valence-corrected chi connectivity index (χ3v) is 6.26. The average molecular weight is 541 g/mol. The van der Waals surface area contributed by atoms with E-state index in [-0.39, 0.29) is 18.3 Å². The van der Waals surface area contributed by atoms with Crippen molar-refractivity contribution in [1.29, 1.82) is 0 Å². The standard InChI is InChI=1S/C28H33BrN2O4/c1-19(2)8-6-4-5-7-9-26(33)30-17-20-10-15-24(25(16-20)34-3)35-18-22-13-11-21-12-14-23(32)27(29)28(21)31-22/h6,8,10-16,19,32H,4-5,7,9,17-18H2,1-3H3,(H,30,33)/b8-6+. The van der Waals surface area contributed by atoms with Gasteiger partial charge in [0.1, 0.15) is 12.4 Å². The summed E-state index contributed by atoms with van der Waals surface area (Å²) in [5.74, 6) is 1.95. The monoisotopic (exact) mass is 540 g/mol. The Morgan fingerprint density at radius 2 is 1.94 bits per heavy atom. The topological polar surface area (TPSA) is 80.7 Å². The highest BCUT2D eigenvalue weighted by Gasteiger charge is 2.10. The van der Waals surface area contributed by atoms with Crippen molar-refractivity contribution in [2.24, 2.45) is 5.92 Å². The van der Waals surface area contributed by atoms with Gasteiger partial charge < -0.3 is 19.9 Å². The number of aromatic nitrogens is 1. The van der Waals surface area contributed by atoms with Crippen LogP contribution in [-0.4, -0.2) is 23.1 Å². The zero-order chi connectivity index (χ0) is 25.2. The van der Waals surface area contributed by atoms with Crippen LogP contribution >= 0.6 is 15.9 Å². The summed E-state index contributed by atoms with van der Waals surface area (Å²) in [6, 6.07) is 12.9. The van der Waals surface area contributed by atoms with Gasteiger partial charge in [-0.1, -0.05) is 38.1 Å². The Bertz CT molecular complexity index is 1180. The molecule has 2 aromatic carbocycles. The lowest BCUT2D eigenvalue weighted by atomic mass is 10.1. The van der Waals surface area contributed by atoms with E-state index in [1.165, 1.54) is 0 Å². The van der Waals surface area contributed by atoms with E-state index in [4.69, 9.17) is 9.47 Å². The van der Waals surface area contributed by atoms with E-state index in [1.54, 1.807) is 13.2 Å². The van der Waals surface area contributed by atoms with Gasteiger partial charge in [-0.3, -0.25) is 4.79 Å². The lowest BCUT2D eigenvalue weighted by Gasteiger charge is -2.13. The van der Waals surface area contributed by atoms with E-state index in [0.717, 1.165) is 35.9 Å². The molecule has 0 saturated heterocycles. The van der Waals surface area contributed by atoms with Crippen LogP contribution in [0.5, 0.6) is 17.2 Å². The number of hydrogen-bond donors (Lipinski definition) is 2. The molecule has 0 unspecified atom stereocenters. The second kappa shape index (κ2) is 13.1. The van der Waals surface area contributed by atoms with Crippen molar-refractivity contribution in [2.75, 3.05) is 7.11 Å². The minimum Gasteiger partial charge on any atom is -0.507 e. The van der Waals surface area contributed by atoms with Gasteiger partial charge in [-0.2, -0.15) is 0 Å². The molecule has 0 spiro atoms. The molecule has 3 aromatic rings. The molecule has 0 aliphatic rings. The molecule has 186 valence electrons. The number of rotatable bonds is 12. The summed E-state index contributed by atoms with van der Waals surface area (Å²) in [5, 5.41) is 13.8. The van der Waals surface area contributed by atoms with Crippen molar-refractivity contribution in [3.05, 3.63) is 70.3 Å². The molecule has 1 aromatic heterocycles. The SMILES string of the molecule is COc1cc(CNC(=O)CCCC/C=C/C(C)C)ccc1OCc1ccc2ccc(O)c(Br)c2n1. The maximum atomic E-state index is 12.2. The van der Waals surface area contributed by atoms with Crippen LogP contribution in [0, 0.1) is 5.92 Å². The van der Waals surface area contributed by atoms with Crippen molar-refractivity contribution in [3.8, 4) is 17.2 Å². The summed E-state index contributed by atoms with van der Waals surface area (Å²) in [7, 11) is 1.59. The molecule has 0 aliphatic heterocycles. The molecule has 3 rings (SSSR count). The normalized spacial score (nSPS) is 11.3.